The number of rotatable bonds is 2. The molecule has 2 fully saturated rings. The van der Waals surface area contributed by atoms with Gasteiger partial charge in [0, 0.05) is 37.3 Å². The fourth-order valence-corrected chi connectivity index (χ4v) is 4.47. The van der Waals surface area contributed by atoms with Gasteiger partial charge >= 0.3 is 0 Å². The molecule has 2 saturated heterocycles. The molecule has 2 amide bonds. The lowest BCUT2D eigenvalue weighted by atomic mass is 10.0. The SMILES string of the molecule is O=C1CCC[C@@H]2[C@@H](CCN2CC(=O)N2CCCc3ccccc32)N1. The summed E-state index contributed by atoms with van der Waals surface area (Å²) in [6, 6.07) is 8.79. The zero-order valence-corrected chi connectivity index (χ0v) is 14.0. The molecule has 4 rings (SSSR count). The van der Waals surface area contributed by atoms with E-state index in [1.165, 1.54) is 5.56 Å². The van der Waals surface area contributed by atoms with Gasteiger partial charge < -0.3 is 10.2 Å². The third-order valence-electron chi connectivity index (χ3n) is 5.66. The molecule has 5 nitrogen and oxygen atoms in total. The molecule has 0 aliphatic carbocycles. The van der Waals surface area contributed by atoms with Crippen molar-refractivity contribution in [2.24, 2.45) is 0 Å². The first-order chi connectivity index (χ1) is 11.7. The molecule has 0 aromatic heterocycles. The number of anilines is 1. The summed E-state index contributed by atoms with van der Waals surface area (Å²) in [5.41, 5.74) is 2.36. The molecular formula is C19H25N3O2. The summed E-state index contributed by atoms with van der Waals surface area (Å²) in [6.07, 6.45) is 5.59. The summed E-state index contributed by atoms with van der Waals surface area (Å²) in [6.45, 7) is 2.18. The molecule has 2 atom stereocenters. The fraction of sp³-hybridized carbons (Fsp3) is 0.579. The van der Waals surface area contributed by atoms with Crippen LogP contribution < -0.4 is 10.2 Å². The number of hydrogen-bond acceptors (Lipinski definition) is 3. The van der Waals surface area contributed by atoms with Gasteiger partial charge in [0.05, 0.1) is 6.54 Å². The number of likely N-dealkylation sites (tertiary alicyclic amines) is 1. The molecule has 1 aromatic rings. The van der Waals surface area contributed by atoms with Gasteiger partial charge in [-0.15, -0.1) is 0 Å². The van der Waals surface area contributed by atoms with Crippen LogP contribution in [0.15, 0.2) is 24.3 Å². The molecule has 0 unspecified atom stereocenters. The molecule has 128 valence electrons. The van der Waals surface area contributed by atoms with Crippen LogP contribution >= 0.6 is 0 Å². The van der Waals surface area contributed by atoms with E-state index in [1.807, 2.05) is 17.0 Å². The topological polar surface area (TPSA) is 52.7 Å². The lowest BCUT2D eigenvalue weighted by Crippen LogP contribution is -2.47. The summed E-state index contributed by atoms with van der Waals surface area (Å²) in [5, 5.41) is 3.13. The number of benzene rings is 1. The highest BCUT2D eigenvalue weighted by atomic mass is 16.2. The second-order valence-corrected chi connectivity index (χ2v) is 7.17. The summed E-state index contributed by atoms with van der Waals surface area (Å²) in [5.74, 6) is 0.360. The van der Waals surface area contributed by atoms with Crippen molar-refractivity contribution >= 4 is 17.5 Å². The number of nitrogens with one attached hydrogen (secondary N) is 1. The van der Waals surface area contributed by atoms with Crippen molar-refractivity contribution in [3.8, 4) is 0 Å². The van der Waals surface area contributed by atoms with Crippen LogP contribution in [0.2, 0.25) is 0 Å². The third-order valence-corrected chi connectivity index (χ3v) is 5.66. The highest BCUT2D eigenvalue weighted by molar-refractivity contribution is 5.96. The van der Waals surface area contributed by atoms with Gasteiger partial charge in [0.15, 0.2) is 0 Å². The zero-order chi connectivity index (χ0) is 16.5. The van der Waals surface area contributed by atoms with Crippen LogP contribution in [0.3, 0.4) is 0 Å². The summed E-state index contributed by atoms with van der Waals surface area (Å²) >= 11 is 0. The molecule has 0 radical (unpaired) electrons. The first kappa shape index (κ1) is 15.6. The highest BCUT2D eigenvalue weighted by Gasteiger charge is 2.38. The number of hydrogen-bond donors (Lipinski definition) is 1. The number of amides is 2. The molecule has 24 heavy (non-hydrogen) atoms. The van der Waals surface area contributed by atoms with Gasteiger partial charge in [-0.2, -0.15) is 0 Å². The first-order valence-electron chi connectivity index (χ1n) is 9.14. The Morgan fingerprint density at radius 2 is 2.00 bits per heavy atom. The Labute approximate surface area is 143 Å². The van der Waals surface area contributed by atoms with Crippen LogP contribution in [0.4, 0.5) is 5.69 Å². The Balaban J connectivity index is 1.46. The van der Waals surface area contributed by atoms with E-state index in [0.717, 1.165) is 50.9 Å². The maximum atomic E-state index is 12.9. The Morgan fingerprint density at radius 3 is 2.92 bits per heavy atom. The van der Waals surface area contributed by atoms with E-state index >= 15 is 0 Å². The minimum Gasteiger partial charge on any atom is -0.352 e. The normalized spacial score (nSPS) is 27.2. The molecule has 1 aromatic carbocycles. The maximum Gasteiger partial charge on any atom is 0.241 e. The molecular weight excluding hydrogens is 302 g/mol. The van der Waals surface area contributed by atoms with Gasteiger partial charge in [0.2, 0.25) is 11.8 Å². The van der Waals surface area contributed by atoms with E-state index in [9.17, 15) is 9.59 Å². The second-order valence-electron chi connectivity index (χ2n) is 7.17. The van der Waals surface area contributed by atoms with Crippen molar-refractivity contribution < 1.29 is 9.59 Å². The van der Waals surface area contributed by atoms with Crippen molar-refractivity contribution in [3.63, 3.8) is 0 Å². The van der Waals surface area contributed by atoms with Crippen LogP contribution in [0, 0.1) is 0 Å². The largest absolute Gasteiger partial charge is 0.352 e. The predicted octanol–water partition coefficient (Wildman–Crippen LogP) is 1.71. The molecule has 0 bridgehead atoms. The predicted molar refractivity (Wildman–Crippen MR) is 92.9 cm³/mol. The number of nitrogens with zero attached hydrogens (tertiary/aromatic N) is 2. The van der Waals surface area contributed by atoms with Crippen LogP contribution in [0.5, 0.6) is 0 Å². The second kappa shape index (κ2) is 6.55. The van der Waals surface area contributed by atoms with Crippen LogP contribution in [0.25, 0.3) is 0 Å². The van der Waals surface area contributed by atoms with Crippen LogP contribution in [-0.4, -0.2) is 48.4 Å². The average Bonchev–Trinajstić information content (AvgIpc) is 2.85. The number of fused-ring (bicyclic) bond motifs is 2. The highest BCUT2D eigenvalue weighted by Crippen LogP contribution is 2.29. The van der Waals surface area contributed by atoms with Crippen molar-refractivity contribution in [1.29, 1.82) is 0 Å². The fourth-order valence-electron chi connectivity index (χ4n) is 4.47. The van der Waals surface area contributed by atoms with Crippen molar-refractivity contribution in [3.05, 3.63) is 29.8 Å². The minimum absolute atomic E-state index is 0.167. The number of para-hydroxylation sites is 1. The van der Waals surface area contributed by atoms with Gasteiger partial charge in [0.1, 0.15) is 0 Å². The van der Waals surface area contributed by atoms with Crippen molar-refractivity contribution in [2.75, 3.05) is 24.5 Å². The van der Waals surface area contributed by atoms with Gasteiger partial charge in [-0.1, -0.05) is 18.2 Å². The molecule has 1 N–H and O–H groups in total. The Morgan fingerprint density at radius 1 is 1.12 bits per heavy atom. The third kappa shape index (κ3) is 2.93. The zero-order valence-electron chi connectivity index (χ0n) is 14.0. The Bertz CT molecular complexity index is 645. The Hall–Kier alpha value is -1.88. The number of aryl methyl sites for hydroxylation is 1. The van der Waals surface area contributed by atoms with E-state index in [0.29, 0.717) is 19.0 Å². The van der Waals surface area contributed by atoms with E-state index in [2.05, 4.69) is 22.3 Å². The van der Waals surface area contributed by atoms with Crippen LogP contribution in [0.1, 0.15) is 37.7 Å². The van der Waals surface area contributed by atoms with Gasteiger partial charge in [0.25, 0.3) is 0 Å². The van der Waals surface area contributed by atoms with E-state index < -0.39 is 0 Å². The summed E-state index contributed by atoms with van der Waals surface area (Å²) in [4.78, 5) is 28.9. The quantitative estimate of drug-likeness (QED) is 0.900. The first-order valence-corrected chi connectivity index (χ1v) is 9.14. The maximum absolute atomic E-state index is 12.9. The van der Waals surface area contributed by atoms with E-state index in [1.54, 1.807) is 0 Å². The van der Waals surface area contributed by atoms with Crippen molar-refractivity contribution in [2.45, 2.75) is 50.6 Å². The molecule has 3 heterocycles. The van der Waals surface area contributed by atoms with Crippen LogP contribution in [-0.2, 0) is 16.0 Å². The van der Waals surface area contributed by atoms with Gasteiger partial charge in [-0.05, 0) is 43.7 Å². The molecule has 0 spiro atoms. The lowest BCUT2D eigenvalue weighted by molar-refractivity contribution is -0.121. The number of carbonyl (C=O) groups is 2. The summed E-state index contributed by atoms with van der Waals surface area (Å²) in [7, 11) is 0. The van der Waals surface area contributed by atoms with E-state index in [4.69, 9.17) is 0 Å². The average molecular weight is 327 g/mol. The monoisotopic (exact) mass is 327 g/mol. The van der Waals surface area contributed by atoms with E-state index in [-0.39, 0.29) is 17.9 Å². The minimum atomic E-state index is 0.167. The summed E-state index contributed by atoms with van der Waals surface area (Å²) < 4.78 is 0. The van der Waals surface area contributed by atoms with Gasteiger partial charge in [-0.25, -0.2) is 0 Å². The molecule has 0 saturated carbocycles. The van der Waals surface area contributed by atoms with Gasteiger partial charge in [-0.3, -0.25) is 14.5 Å². The van der Waals surface area contributed by atoms with Crippen molar-refractivity contribution in [1.82, 2.24) is 10.2 Å². The standard InChI is InChI=1S/C19H25N3O2/c23-18-9-3-8-17-15(20-18)10-12-21(17)13-19(24)22-11-4-6-14-5-1-2-7-16(14)22/h1-2,5,7,15,17H,3-4,6,8-13H2,(H,20,23)/t15-,17-/m1/s1. The smallest absolute Gasteiger partial charge is 0.241 e. The number of carbonyl (C=O) groups excluding carboxylic acids is 2. The lowest BCUT2D eigenvalue weighted by Gasteiger charge is -2.32. The molecule has 3 aliphatic heterocycles. The Kier molecular flexibility index (Phi) is 4.27. The molecule has 3 aliphatic rings. The molecule has 5 heteroatoms.